The van der Waals surface area contributed by atoms with E-state index in [1.54, 1.807) is 31.5 Å². The van der Waals surface area contributed by atoms with Gasteiger partial charge in [-0.15, -0.1) is 0 Å². The predicted molar refractivity (Wildman–Crippen MR) is 89.7 cm³/mol. The van der Waals surface area contributed by atoms with E-state index >= 15 is 0 Å². The van der Waals surface area contributed by atoms with Gasteiger partial charge >= 0.3 is 0 Å². The van der Waals surface area contributed by atoms with Gasteiger partial charge in [0.2, 0.25) is 11.8 Å². The summed E-state index contributed by atoms with van der Waals surface area (Å²) < 4.78 is 18.3. The van der Waals surface area contributed by atoms with Crippen LogP contribution in [-0.2, 0) is 6.42 Å². The van der Waals surface area contributed by atoms with Crippen LogP contribution in [0.5, 0.6) is 5.88 Å². The van der Waals surface area contributed by atoms with Gasteiger partial charge in [0.25, 0.3) is 0 Å². The summed E-state index contributed by atoms with van der Waals surface area (Å²) in [4.78, 5) is 10.8. The Balaban J connectivity index is 1.79. The molecule has 0 saturated carbocycles. The van der Waals surface area contributed by atoms with Crippen molar-refractivity contribution in [3.63, 3.8) is 0 Å². The summed E-state index contributed by atoms with van der Waals surface area (Å²) in [6.07, 6.45) is 4.24. The number of anilines is 1. The second kappa shape index (κ2) is 7.13. The normalized spacial score (nSPS) is 20.9. The van der Waals surface area contributed by atoms with Crippen molar-refractivity contribution in [1.29, 1.82) is 0 Å². The molecule has 1 aromatic heterocycles. The fourth-order valence-corrected chi connectivity index (χ4v) is 3.34. The number of ether oxygens (including phenoxy) is 1. The summed E-state index contributed by atoms with van der Waals surface area (Å²) in [6.45, 7) is 1.58. The zero-order valence-electron chi connectivity index (χ0n) is 13.8. The van der Waals surface area contributed by atoms with Crippen LogP contribution in [0.4, 0.5) is 10.3 Å². The van der Waals surface area contributed by atoms with Gasteiger partial charge in [-0.05, 0) is 37.0 Å². The Labute approximate surface area is 141 Å². The predicted octanol–water partition coefficient (Wildman–Crippen LogP) is 2.45. The van der Waals surface area contributed by atoms with E-state index in [9.17, 15) is 9.50 Å². The number of methoxy groups -OCH3 is 1. The number of nitrogens with zero attached hydrogens (tertiary/aromatic N) is 3. The van der Waals surface area contributed by atoms with Crippen LogP contribution in [0.15, 0.2) is 36.5 Å². The number of benzene rings is 1. The van der Waals surface area contributed by atoms with E-state index < -0.39 is 0 Å². The number of aliphatic hydroxyl groups excluding tert-OH is 1. The lowest BCUT2D eigenvalue weighted by molar-refractivity contribution is 0.105. The summed E-state index contributed by atoms with van der Waals surface area (Å²) in [6, 6.07) is 8.21. The molecule has 0 spiro atoms. The molecule has 0 amide bonds. The summed E-state index contributed by atoms with van der Waals surface area (Å²) in [7, 11) is 1.58. The molecule has 1 aliphatic rings. The van der Waals surface area contributed by atoms with Crippen LogP contribution in [-0.4, -0.2) is 41.9 Å². The van der Waals surface area contributed by atoms with E-state index in [1.807, 2.05) is 0 Å². The van der Waals surface area contributed by atoms with Crippen LogP contribution in [0.3, 0.4) is 0 Å². The van der Waals surface area contributed by atoms with Gasteiger partial charge in [0.15, 0.2) is 0 Å². The van der Waals surface area contributed by atoms with Gasteiger partial charge in [-0.25, -0.2) is 9.37 Å². The number of hydrogen-bond donors (Lipinski definition) is 1. The first-order valence-electron chi connectivity index (χ1n) is 8.11. The Kier molecular flexibility index (Phi) is 4.94. The molecular formula is C18H22FN3O2. The molecule has 3 rings (SSSR count). The lowest BCUT2D eigenvalue weighted by Crippen LogP contribution is -2.47. The maximum absolute atomic E-state index is 13.1. The van der Waals surface area contributed by atoms with Gasteiger partial charge in [0, 0.05) is 30.8 Å². The fourth-order valence-electron chi connectivity index (χ4n) is 3.34. The van der Waals surface area contributed by atoms with Crippen molar-refractivity contribution < 1.29 is 14.2 Å². The number of halogens is 1. The topological polar surface area (TPSA) is 58.5 Å². The molecule has 2 heterocycles. The second-order valence-electron chi connectivity index (χ2n) is 6.39. The molecule has 1 N–H and O–H groups in total. The molecule has 0 aliphatic carbocycles. The number of hydrogen-bond acceptors (Lipinski definition) is 5. The van der Waals surface area contributed by atoms with Gasteiger partial charge < -0.3 is 14.7 Å². The standard InChI is InChI=1S/C18H22FN3O2/c1-24-16-7-9-20-17(21-16)22-10-2-8-18(12-22,13-23)11-14-3-5-15(19)6-4-14/h3-7,9,23H,2,8,10-13H2,1H3/t18-/m1/s1. The molecule has 0 radical (unpaired) electrons. The molecule has 2 aromatic rings. The monoisotopic (exact) mass is 331 g/mol. The van der Waals surface area contributed by atoms with E-state index in [0.29, 0.717) is 24.8 Å². The van der Waals surface area contributed by atoms with E-state index in [4.69, 9.17) is 4.74 Å². The summed E-state index contributed by atoms with van der Waals surface area (Å²) in [5, 5.41) is 10.1. The largest absolute Gasteiger partial charge is 0.481 e. The molecule has 6 heteroatoms. The summed E-state index contributed by atoms with van der Waals surface area (Å²) >= 11 is 0. The Morgan fingerprint density at radius 1 is 1.29 bits per heavy atom. The zero-order chi connectivity index (χ0) is 17.0. The van der Waals surface area contributed by atoms with E-state index in [0.717, 1.165) is 24.9 Å². The number of piperidine rings is 1. The van der Waals surface area contributed by atoms with Crippen molar-refractivity contribution >= 4 is 5.95 Å². The average Bonchev–Trinajstić information content (AvgIpc) is 2.64. The lowest BCUT2D eigenvalue weighted by atomic mass is 9.76. The molecule has 128 valence electrons. The SMILES string of the molecule is COc1ccnc(N2CCC[C@@](CO)(Cc3ccc(F)cc3)C2)n1. The van der Waals surface area contributed by atoms with Crippen molar-refractivity contribution in [2.75, 3.05) is 31.7 Å². The Morgan fingerprint density at radius 2 is 2.08 bits per heavy atom. The quantitative estimate of drug-likeness (QED) is 0.912. The first-order valence-corrected chi connectivity index (χ1v) is 8.11. The number of aromatic nitrogens is 2. The molecule has 1 atom stereocenters. The highest BCUT2D eigenvalue weighted by atomic mass is 19.1. The van der Waals surface area contributed by atoms with Crippen LogP contribution < -0.4 is 9.64 Å². The molecule has 5 nitrogen and oxygen atoms in total. The molecule has 0 bridgehead atoms. The Hall–Kier alpha value is -2.21. The number of rotatable bonds is 5. The first-order chi connectivity index (χ1) is 11.6. The molecule has 24 heavy (non-hydrogen) atoms. The highest BCUT2D eigenvalue weighted by Crippen LogP contribution is 2.34. The smallest absolute Gasteiger partial charge is 0.228 e. The van der Waals surface area contributed by atoms with Crippen molar-refractivity contribution in [1.82, 2.24) is 9.97 Å². The van der Waals surface area contributed by atoms with Crippen molar-refractivity contribution in [3.05, 3.63) is 47.9 Å². The molecule has 1 aliphatic heterocycles. The minimum atomic E-state index is -0.275. The summed E-state index contributed by atoms with van der Waals surface area (Å²) in [5.74, 6) is 0.900. The van der Waals surface area contributed by atoms with E-state index in [-0.39, 0.29) is 17.8 Å². The maximum Gasteiger partial charge on any atom is 0.228 e. The van der Waals surface area contributed by atoms with Crippen LogP contribution in [0.2, 0.25) is 0 Å². The summed E-state index contributed by atoms with van der Waals surface area (Å²) in [5.41, 5.74) is 0.751. The maximum atomic E-state index is 13.1. The van der Waals surface area contributed by atoms with Crippen LogP contribution in [0, 0.1) is 11.2 Å². The molecule has 0 unspecified atom stereocenters. The number of aliphatic hydroxyl groups is 1. The van der Waals surface area contributed by atoms with Gasteiger partial charge in [0.1, 0.15) is 5.82 Å². The van der Waals surface area contributed by atoms with E-state index in [1.165, 1.54) is 12.1 Å². The minimum Gasteiger partial charge on any atom is -0.481 e. The fraction of sp³-hybridized carbons (Fsp3) is 0.444. The first kappa shape index (κ1) is 16.6. The second-order valence-corrected chi connectivity index (χ2v) is 6.39. The van der Waals surface area contributed by atoms with Crippen molar-refractivity contribution in [2.24, 2.45) is 5.41 Å². The van der Waals surface area contributed by atoms with Gasteiger partial charge in [-0.3, -0.25) is 0 Å². The van der Waals surface area contributed by atoms with Crippen LogP contribution in [0.1, 0.15) is 18.4 Å². The van der Waals surface area contributed by atoms with Crippen LogP contribution >= 0.6 is 0 Å². The van der Waals surface area contributed by atoms with E-state index in [2.05, 4.69) is 14.9 Å². The zero-order valence-corrected chi connectivity index (χ0v) is 13.8. The molecular weight excluding hydrogens is 309 g/mol. The van der Waals surface area contributed by atoms with Crippen molar-refractivity contribution in [3.8, 4) is 5.88 Å². The minimum absolute atomic E-state index is 0.0743. The van der Waals surface area contributed by atoms with Gasteiger partial charge in [-0.2, -0.15) is 4.98 Å². The molecule has 1 aromatic carbocycles. The average molecular weight is 331 g/mol. The third kappa shape index (κ3) is 3.64. The highest BCUT2D eigenvalue weighted by Gasteiger charge is 2.36. The Bertz CT molecular complexity index is 680. The highest BCUT2D eigenvalue weighted by molar-refractivity contribution is 5.34. The van der Waals surface area contributed by atoms with Gasteiger partial charge in [-0.1, -0.05) is 12.1 Å². The van der Waals surface area contributed by atoms with Crippen molar-refractivity contribution in [2.45, 2.75) is 19.3 Å². The van der Waals surface area contributed by atoms with Crippen LogP contribution in [0.25, 0.3) is 0 Å². The molecule has 1 saturated heterocycles. The molecule has 1 fully saturated rings. The third-order valence-electron chi connectivity index (χ3n) is 4.60. The Morgan fingerprint density at radius 3 is 2.79 bits per heavy atom. The third-order valence-corrected chi connectivity index (χ3v) is 4.60. The van der Waals surface area contributed by atoms with Gasteiger partial charge in [0.05, 0.1) is 13.7 Å². The lowest BCUT2D eigenvalue weighted by Gasteiger charge is -2.42.